The summed E-state index contributed by atoms with van der Waals surface area (Å²) in [4.78, 5) is 24.1. The quantitative estimate of drug-likeness (QED) is 0.538. The minimum absolute atomic E-state index is 0.126. The number of benzene rings is 2. The van der Waals surface area contributed by atoms with E-state index in [9.17, 15) is 22.8 Å². The number of nitrogens with one attached hydrogen (secondary N) is 1. The number of amides is 1. The SMILES string of the molecule is CC(=O)OC1Cc2cccc(NC(=O)/C=C3\CCCOc4cc(C(F)(F)F)ccc43)c2C1. The molecule has 1 aliphatic heterocycles. The Morgan fingerprint density at radius 1 is 1.19 bits per heavy atom. The molecule has 0 spiro atoms. The summed E-state index contributed by atoms with van der Waals surface area (Å²) >= 11 is 0. The zero-order valence-electron chi connectivity index (χ0n) is 17.4. The Bertz CT molecular complexity index is 1090. The minimum Gasteiger partial charge on any atom is -0.493 e. The average molecular weight is 445 g/mol. The smallest absolute Gasteiger partial charge is 0.416 e. The van der Waals surface area contributed by atoms with E-state index in [0.29, 0.717) is 42.5 Å². The van der Waals surface area contributed by atoms with E-state index in [1.165, 1.54) is 19.1 Å². The van der Waals surface area contributed by atoms with Gasteiger partial charge in [0.05, 0.1) is 12.2 Å². The molecule has 1 heterocycles. The lowest BCUT2D eigenvalue weighted by Gasteiger charge is -2.13. The van der Waals surface area contributed by atoms with Gasteiger partial charge in [-0.2, -0.15) is 13.2 Å². The van der Waals surface area contributed by atoms with Crippen LogP contribution in [-0.2, 0) is 33.3 Å². The molecule has 0 saturated carbocycles. The number of ether oxygens (including phenoxy) is 2. The van der Waals surface area contributed by atoms with Crippen LogP contribution in [0.2, 0.25) is 0 Å². The maximum Gasteiger partial charge on any atom is 0.416 e. The minimum atomic E-state index is -4.47. The highest BCUT2D eigenvalue weighted by molar-refractivity contribution is 6.05. The summed E-state index contributed by atoms with van der Waals surface area (Å²) in [5.74, 6) is -0.598. The molecule has 0 bridgehead atoms. The Hall–Kier alpha value is -3.29. The van der Waals surface area contributed by atoms with Crippen molar-refractivity contribution in [2.45, 2.75) is 44.9 Å². The van der Waals surface area contributed by atoms with Crippen LogP contribution in [0.4, 0.5) is 18.9 Å². The van der Waals surface area contributed by atoms with Gasteiger partial charge in [-0.05, 0) is 47.7 Å². The topological polar surface area (TPSA) is 64.6 Å². The molecule has 1 aliphatic carbocycles. The van der Waals surface area contributed by atoms with E-state index in [4.69, 9.17) is 9.47 Å². The number of allylic oxidation sites excluding steroid dienone is 1. The number of anilines is 1. The van der Waals surface area contributed by atoms with Gasteiger partial charge in [-0.3, -0.25) is 9.59 Å². The van der Waals surface area contributed by atoms with Crippen LogP contribution >= 0.6 is 0 Å². The van der Waals surface area contributed by atoms with Crippen LogP contribution in [0.25, 0.3) is 5.57 Å². The van der Waals surface area contributed by atoms with Crippen molar-refractivity contribution < 1.29 is 32.2 Å². The molecule has 1 unspecified atom stereocenters. The third-order valence-electron chi connectivity index (χ3n) is 5.55. The zero-order chi connectivity index (χ0) is 22.9. The lowest BCUT2D eigenvalue weighted by atomic mass is 9.99. The number of halogens is 3. The van der Waals surface area contributed by atoms with E-state index < -0.39 is 11.7 Å². The molecule has 1 N–H and O–H groups in total. The van der Waals surface area contributed by atoms with Gasteiger partial charge in [-0.1, -0.05) is 18.2 Å². The summed E-state index contributed by atoms with van der Waals surface area (Å²) in [6, 6.07) is 8.87. The Labute approximate surface area is 183 Å². The maximum atomic E-state index is 13.1. The molecule has 1 amide bonds. The molecule has 2 aliphatic rings. The number of hydrogen-bond acceptors (Lipinski definition) is 4. The number of hydrogen-bond donors (Lipinski definition) is 1. The van der Waals surface area contributed by atoms with Gasteiger partial charge in [0, 0.05) is 37.1 Å². The molecule has 4 rings (SSSR count). The highest BCUT2D eigenvalue weighted by Crippen LogP contribution is 2.38. The summed E-state index contributed by atoms with van der Waals surface area (Å²) in [5.41, 5.74) is 2.88. The summed E-state index contributed by atoms with van der Waals surface area (Å²) in [6.45, 7) is 1.64. The third kappa shape index (κ3) is 4.79. The van der Waals surface area contributed by atoms with Crippen molar-refractivity contribution in [1.82, 2.24) is 0 Å². The predicted molar refractivity (Wildman–Crippen MR) is 112 cm³/mol. The van der Waals surface area contributed by atoms with Crippen LogP contribution in [0.1, 0.15) is 42.0 Å². The van der Waals surface area contributed by atoms with E-state index in [2.05, 4.69) is 5.32 Å². The molecule has 2 aromatic rings. The van der Waals surface area contributed by atoms with Gasteiger partial charge in [0.25, 0.3) is 0 Å². The molecule has 168 valence electrons. The van der Waals surface area contributed by atoms with E-state index in [1.54, 1.807) is 6.07 Å². The van der Waals surface area contributed by atoms with Crippen LogP contribution in [0.3, 0.4) is 0 Å². The lowest BCUT2D eigenvalue weighted by molar-refractivity contribution is -0.145. The number of fused-ring (bicyclic) bond motifs is 2. The maximum absolute atomic E-state index is 13.1. The molecule has 1 atom stereocenters. The fourth-order valence-corrected chi connectivity index (χ4v) is 4.19. The Morgan fingerprint density at radius 2 is 2.00 bits per heavy atom. The first-order chi connectivity index (χ1) is 15.2. The normalized spacial score (nSPS) is 18.9. The van der Waals surface area contributed by atoms with Crippen LogP contribution in [0.15, 0.2) is 42.5 Å². The lowest BCUT2D eigenvalue weighted by Crippen LogP contribution is -2.16. The van der Waals surface area contributed by atoms with Crippen molar-refractivity contribution in [2.24, 2.45) is 0 Å². The first kappa shape index (κ1) is 21.9. The van der Waals surface area contributed by atoms with E-state index in [-0.39, 0.29) is 30.3 Å². The van der Waals surface area contributed by atoms with Gasteiger partial charge < -0.3 is 14.8 Å². The number of rotatable bonds is 3. The van der Waals surface area contributed by atoms with Crippen LogP contribution in [-0.4, -0.2) is 24.6 Å². The number of esters is 1. The highest BCUT2D eigenvalue weighted by Gasteiger charge is 2.32. The number of alkyl halides is 3. The molecule has 0 aromatic heterocycles. The fraction of sp³-hybridized carbons (Fsp3) is 0.333. The van der Waals surface area contributed by atoms with Crippen molar-refractivity contribution in [3.63, 3.8) is 0 Å². The fourth-order valence-electron chi connectivity index (χ4n) is 4.19. The molecular weight excluding hydrogens is 423 g/mol. The molecule has 0 saturated heterocycles. The van der Waals surface area contributed by atoms with Gasteiger partial charge >= 0.3 is 12.1 Å². The van der Waals surface area contributed by atoms with Crippen molar-refractivity contribution in [1.29, 1.82) is 0 Å². The number of carbonyl (C=O) groups excluding carboxylic acids is 2. The van der Waals surface area contributed by atoms with Crippen molar-refractivity contribution in [2.75, 3.05) is 11.9 Å². The molecular formula is C24H22F3NO4. The Balaban J connectivity index is 1.56. The first-order valence-corrected chi connectivity index (χ1v) is 10.3. The standard InChI is InChI=1S/C24H22F3NO4/c1-14(29)32-18-10-15-4-2-6-21(20(15)13-18)28-23(30)11-16-5-3-9-31-22-12-17(24(25,26)27)7-8-19(16)22/h2,4,6-8,11-12,18H,3,5,9-10,13H2,1H3,(H,28,30)/b16-11+. The predicted octanol–water partition coefficient (Wildman–Crippen LogP) is 4.93. The van der Waals surface area contributed by atoms with Crippen LogP contribution < -0.4 is 10.1 Å². The van der Waals surface area contributed by atoms with Crippen LogP contribution in [0.5, 0.6) is 5.75 Å². The molecule has 8 heteroatoms. The van der Waals surface area contributed by atoms with E-state index in [1.807, 2.05) is 12.1 Å². The molecule has 0 fully saturated rings. The van der Waals surface area contributed by atoms with Gasteiger partial charge in [-0.15, -0.1) is 0 Å². The second kappa shape index (κ2) is 8.68. The average Bonchev–Trinajstić information content (AvgIpc) is 3.01. The second-order valence-corrected chi connectivity index (χ2v) is 7.90. The van der Waals surface area contributed by atoms with E-state index in [0.717, 1.165) is 23.3 Å². The van der Waals surface area contributed by atoms with Gasteiger partial charge in [0.15, 0.2) is 0 Å². The Kier molecular flexibility index (Phi) is 5.95. The monoisotopic (exact) mass is 445 g/mol. The molecule has 0 radical (unpaired) electrons. The number of carbonyl (C=O) groups is 2. The van der Waals surface area contributed by atoms with Crippen LogP contribution in [0, 0.1) is 0 Å². The van der Waals surface area contributed by atoms with Gasteiger partial charge in [0.2, 0.25) is 5.91 Å². The Morgan fingerprint density at radius 3 is 2.75 bits per heavy atom. The second-order valence-electron chi connectivity index (χ2n) is 7.90. The summed E-state index contributed by atoms with van der Waals surface area (Å²) in [5, 5.41) is 2.87. The van der Waals surface area contributed by atoms with Gasteiger partial charge in [-0.25, -0.2) is 0 Å². The van der Waals surface area contributed by atoms with Crippen molar-refractivity contribution >= 4 is 23.1 Å². The summed E-state index contributed by atoms with van der Waals surface area (Å²) in [6.07, 6.45) is -1.12. The van der Waals surface area contributed by atoms with Crippen molar-refractivity contribution in [3.8, 4) is 5.75 Å². The zero-order valence-corrected chi connectivity index (χ0v) is 17.4. The first-order valence-electron chi connectivity index (χ1n) is 10.3. The molecule has 32 heavy (non-hydrogen) atoms. The summed E-state index contributed by atoms with van der Waals surface area (Å²) in [7, 11) is 0. The highest BCUT2D eigenvalue weighted by atomic mass is 19.4. The third-order valence-corrected chi connectivity index (χ3v) is 5.55. The molecule has 5 nitrogen and oxygen atoms in total. The van der Waals surface area contributed by atoms with E-state index >= 15 is 0 Å². The summed E-state index contributed by atoms with van der Waals surface area (Å²) < 4.78 is 50.0. The van der Waals surface area contributed by atoms with Crippen molar-refractivity contribution in [3.05, 3.63) is 64.7 Å². The van der Waals surface area contributed by atoms with Gasteiger partial charge in [0.1, 0.15) is 11.9 Å². The molecule has 2 aromatic carbocycles. The largest absolute Gasteiger partial charge is 0.493 e.